The van der Waals surface area contributed by atoms with E-state index in [1.54, 1.807) is 0 Å². The second kappa shape index (κ2) is 4.82. The first-order valence-corrected chi connectivity index (χ1v) is 6.45. The van der Waals surface area contributed by atoms with Crippen LogP contribution in [-0.4, -0.2) is 24.1 Å². The highest BCUT2D eigenvalue weighted by atomic mass is 15.0. The van der Waals surface area contributed by atoms with Crippen LogP contribution in [0.15, 0.2) is 30.5 Å². The lowest BCUT2D eigenvalue weighted by Crippen LogP contribution is -2.35. The number of nitrogens with one attached hydrogen (secondary N) is 2. The predicted molar refractivity (Wildman–Crippen MR) is 75.7 cm³/mol. The second-order valence-electron chi connectivity index (χ2n) is 4.77. The maximum atomic E-state index is 6.07. The van der Waals surface area contributed by atoms with Crippen molar-refractivity contribution < 1.29 is 0 Å². The summed E-state index contributed by atoms with van der Waals surface area (Å²) < 4.78 is 0. The Morgan fingerprint density at radius 3 is 2.89 bits per heavy atom. The van der Waals surface area contributed by atoms with E-state index in [-0.39, 0.29) is 0 Å². The van der Waals surface area contributed by atoms with Crippen LogP contribution in [0, 0.1) is 0 Å². The highest BCUT2D eigenvalue weighted by Crippen LogP contribution is 2.27. The quantitative estimate of drug-likeness (QED) is 0.705. The van der Waals surface area contributed by atoms with Gasteiger partial charge in [0, 0.05) is 23.3 Å². The Balaban J connectivity index is 1.95. The molecular weight excluding hydrogens is 224 g/mol. The van der Waals surface area contributed by atoms with E-state index >= 15 is 0 Å². The van der Waals surface area contributed by atoms with E-state index in [2.05, 4.69) is 21.7 Å². The largest absolute Gasteiger partial charge is 0.398 e. The summed E-state index contributed by atoms with van der Waals surface area (Å²) in [6.07, 6.45) is 4.10. The summed E-state index contributed by atoms with van der Waals surface area (Å²) in [5.74, 6) is 0.914. The van der Waals surface area contributed by atoms with E-state index in [0.29, 0.717) is 6.04 Å². The lowest BCUT2D eigenvalue weighted by molar-refractivity contribution is 0.478. The van der Waals surface area contributed by atoms with Crippen molar-refractivity contribution in [2.24, 2.45) is 0 Å². The topological polar surface area (TPSA) is 63.0 Å². The van der Waals surface area contributed by atoms with Crippen LogP contribution in [0.3, 0.4) is 0 Å². The molecule has 2 aromatic rings. The van der Waals surface area contributed by atoms with Gasteiger partial charge in [0.05, 0.1) is 0 Å². The van der Waals surface area contributed by atoms with Crippen molar-refractivity contribution in [2.45, 2.75) is 18.9 Å². The minimum Gasteiger partial charge on any atom is -0.398 e. The lowest BCUT2D eigenvalue weighted by atomic mass is 10.1. The molecular formula is C14H18N4. The number of nitrogen functional groups attached to an aromatic ring is 1. The average Bonchev–Trinajstić information content (AvgIpc) is 2.40. The molecule has 1 aliphatic heterocycles. The van der Waals surface area contributed by atoms with Gasteiger partial charge in [-0.3, -0.25) is 0 Å². The fourth-order valence-corrected chi connectivity index (χ4v) is 2.53. The predicted octanol–water partition coefficient (Wildman–Crippen LogP) is 1.98. The molecule has 0 radical (unpaired) electrons. The number of pyridine rings is 1. The van der Waals surface area contributed by atoms with Gasteiger partial charge in [0.2, 0.25) is 0 Å². The molecule has 1 aliphatic rings. The third-order valence-electron chi connectivity index (χ3n) is 3.50. The Hall–Kier alpha value is -1.81. The van der Waals surface area contributed by atoms with E-state index in [4.69, 9.17) is 5.73 Å². The van der Waals surface area contributed by atoms with Crippen LogP contribution in [0.5, 0.6) is 0 Å². The number of nitrogens with zero attached hydrogens (tertiary/aromatic N) is 1. The molecule has 0 amide bonds. The summed E-state index contributed by atoms with van der Waals surface area (Å²) in [6, 6.07) is 8.47. The number of hydrogen-bond acceptors (Lipinski definition) is 4. The molecule has 1 aromatic carbocycles. The van der Waals surface area contributed by atoms with Crippen molar-refractivity contribution in [2.75, 3.05) is 24.1 Å². The molecule has 1 saturated heterocycles. The van der Waals surface area contributed by atoms with E-state index in [9.17, 15) is 0 Å². The number of anilines is 2. The highest BCUT2D eigenvalue weighted by Gasteiger charge is 2.14. The van der Waals surface area contributed by atoms with Gasteiger partial charge in [-0.1, -0.05) is 12.1 Å². The molecule has 18 heavy (non-hydrogen) atoms. The second-order valence-corrected chi connectivity index (χ2v) is 4.77. The molecule has 0 spiro atoms. The molecule has 0 bridgehead atoms. The van der Waals surface area contributed by atoms with Crippen LogP contribution >= 0.6 is 0 Å². The van der Waals surface area contributed by atoms with Gasteiger partial charge in [-0.25, -0.2) is 4.98 Å². The van der Waals surface area contributed by atoms with Gasteiger partial charge in [0.15, 0.2) is 0 Å². The number of nitrogens with two attached hydrogens (primary N) is 1. The molecule has 4 N–H and O–H groups in total. The van der Waals surface area contributed by atoms with Crippen molar-refractivity contribution in [3.8, 4) is 0 Å². The van der Waals surface area contributed by atoms with E-state index in [1.165, 1.54) is 0 Å². The van der Waals surface area contributed by atoms with Crippen LogP contribution < -0.4 is 16.4 Å². The SMILES string of the molecule is Nc1cccc2ccnc(NC3CCNCC3)c12. The van der Waals surface area contributed by atoms with Gasteiger partial charge in [-0.05, 0) is 43.5 Å². The van der Waals surface area contributed by atoms with Gasteiger partial charge in [0.25, 0.3) is 0 Å². The average molecular weight is 242 g/mol. The Bertz CT molecular complexity index is 541. The molecule has 0 atom stereocenters. The fraction of sp³-hybridized carbons (Fsp3) is 0.357. The van der Waals surface area contributed by atoms with Crippen molar-refractivity contribution in [3.05, 3.63) is 30.5 Å². The van der Waals surface area contributed by atoms with Gasteiger partial charge < -0.3 is 16.4 Å². The number of piperidine rings is 1. The zero-order valence-electron chi connectivity index (χ0n) is 10.3. The minimum atomic E-state index is 0.490. The molecule has 4 heteroatoms. The first-order chi connectivity index (χ1) is 8.84. The van der Waals surface area contributed by atoms with Gasteiger partial charge in [-0.15, -0.1) is 0 Å². The van der Waals surface area contributed by atoms with Crippen LogP contribution in [0.2, 0.25) is 0 Å². The van der Waals surface area contributed by atoms with E-state index in [1.807, 2.05) is 24.4 Å². The molecule has 0 aliphatic carbocycles. The highest BCUT2D eigenvalue weighted by molar-refractivity contribution is 6.00. The first-order valence-electron chi connectivity index (χ1n) is 6.45. The fourth-order valence-electron chi connectivity index (χ4n) is 2.53. The number of rotatable bonds is 2. The molecule has 0 unspecified atom stereocenters. The van der Waals surface area contributed by atoms with Crippen LogP contribution in [0.1, 0.15) is 12.8 Å². The van der Waals surface area contributed by atoms with Gasteiger partial charge >= 0.3 is 0 Å². The monoisotopic (exact) mass is 242 g/mol. The van der Waals surface area contributed by atoms with E-state index < -0.39 is 0 Å². The standard InChI is InChI=1S/C14H18N4/c15-12-3-1-2-10-4-9-17-14(13(10)12)18-11-5-7-16-8-6-11/h1-4,9,11,16H,5-8,15H2,(H,17,18). The summed E-state index contributed by atoms with van der Waals surface area (Å²) in [5, 5.41) is 9.08. The first kappa shape index (κ1) is 11.3. The zero-order chi connectivity index (χ0) is 12.4. The van der Waals surface area contributed by atoms with Crippen molar-refractivity contribution >= 4 is 22.3 Å². The molecule has 4 nitrogen and oxygen atoms in total. The number of fused-ring (bicyclic) bond motifs is 1. The van der Waals surface area contributed by atoms with E-state index in [0.717, 1.165) is 48.2 Å². The van der Waals surface area contributed by atoms with Gasteiger partial charge in [0.1, 0.15) is 5.82 Å². The number of aromatic nitrogens is 1. The minimum absolute atomic E-state index is 0.490. The Morgan fingerprint density at radius 1 is 1.22 bits per heavy atom. The van der Waals surface area contributed by atoms with Crippen molar-refractivity contribution in [1.82, 2.24) is 10.3 Å². The third kappa shape index (κ3) is 2.11. The van der Waals surface area contributed by atoms with Crippen LogP contribution in [-0.2, 0) is 0 Å². The summed E-state index contributed by atoms with van der Waals surface area (Å²) in [7, 11) is 0. The maximum absolute atomic E-state index is 6.07. The number of benzene rings is 1. The lowest BCUT2D eigenvalue weighted by Gasteiger charge is -2.24. The molecule has 94 valence electrons. The molecule has 0 saturated carbocycles. The molecule has 3 rings (SSSR count). The maximum Gasteiger partial charge on any atom is 0.136 e. The Labute approximate surface area is 107 Å². The smallest absolute Gasteiger partial charge is 0.136 e. The summed E-state index contributed by atoms with van der Waals surface area (Å²) >= 11 is 0. The van der Waals surface area contributed by atoms with Gasteiger partial charge in [-0.2, -0.15) is 0 Å². The van der Waals surface area contributed by atoms with Crippen LogP contribution in [0.25, 0.3) is 10.8 Å². The summed E-state index contributed by atoms with van der Waals surface area (Å²) in [4.78, 5) is 4.45. The Kier molecular flexibility index (Phi) is 3.02. The molecule has 1 aromatic heterocycles. The third-order valence-corrected chi connectivity index (χ3v) is 3.50. The zero-order valence-corrected chi connectivity index (χ0v) is 10.3. The Morgan fingerprint density at radius 2 is 2.06 bits per heavy atom. The summed E-state index contributed by atoms with van der Waals surface area (Å²) in [6.45, 7) is 2.13. The molecule has 1 fully saturated rings. The van der Waals surface area contributed by atoms with Crippen molar-refractivity contribution in [3.63, 3.8) is 0 Å². The van der Waals surface area contributed by atoms with Crippen molar-refractivity contribution in [1.29, 1.82) is 0 Å². The number of hydrogen-bond donors (Lipinski definition) is 3. The normalized spacial score (nSPS) is 16.9. The summed E-state index contributed by atoms with van der Waals surface area (Å²) in [5.41, 5.74) is 6.86. The van der Waals surface area contributed by atoms with Crippen LogP contribution in [0.4, 0.5) is 11.5 Å². The molecule has 2 heterocycles.